The fourth-order valence-corrected chi connectivity index (χ4v) is 5.82. The van der Waals surface area contributed by atoms with Gasteiger partial charge in [-0.1, -0.05) is 24.3 Å². The monoisotopic (exact) mass is 589 g/mol. The summed E-state index contributed by atoms with van der Waals surface area (Å²) in [4.78, 5) is 13.1. The van der Waals surface area contributed by atoms with Crippen molar-refractivity contribution in [3.05, 3.63) is 70.3 Å². The van der Waals surface area contributed by atoms with E-state index in [1.54, 1.807) is 6.92 Å². The molecule has 0 saturated carbocycles. The van der Waals surface area contributed by atoms with E-state index in [4.69, 9.17) is 18.9 Å². The quantitative estimate of drug-likeness (QED) is 0.172. The van der Waals surface area contributed by atoms with E-state index in [0.717, 1.165) is 22.3 Å². The molecule has 2 aromatic rings. The maximum absolute atomic E-state index is 15.8. The Morgan fingerprint density at radius 1 is 1.02 bits per heavy atom. The highest BCUT2D eigenvalue weighted by Crippen LogP contribution is 2.50. The van der Waals surface area contributed by atoms with Crippen LogP contribution in [0.5, 0.6) is 5.75 Å². The maximum Gasteiger partial charge on any atom is 0.332 e. The van der Waals surface area contributed by atoms with Crippen LogP contribution in [-0.4, -0.2) is 68.8 Å². The van der Waals surface area contributed by atoms with Gasteiger partial charge < -0.3 is 18.9 Å². The average Bonchev–Trinajstić information content (AvgIpc) is 3.28. The van der Waals surface area contributed by atoms with Crippen LogP contribution in [-0.2, 0) is 25.4 Å². The second-order valence-electron chi connectivity index (χ2n) is 11.5. The van der Waals surface area contributed by atoms with Gasteiger partial charge >= 0.3 is 5.97 Å². The van der Waals surface area contributed by atoms with E-state index in [2.05, 4.69) is 6.07 Å². The van der Waals surface area contributed by atoms with E-state index in [1.165, 1.54) is 26.0 Å². The molecule has 230 valence electrons. The van der Waals surface area contributed by atoms with Crippen molar-refractivity contribution in [2.75, 3.05) is 46.2 Å². The molecule has 0 unspecified atom stereocenters. The summed E-state index contributed by atoms with van der Waals surface area (Å²) in [5.41, 5.74) is 2.72. The zero-order valence-corrected chi connectivity index (χ0v) is 25.0. The Bertz CT molecular complexity index is 1240. The number of hydrogen-bond acceptors (Lipinski definition) is 6. The van der Waals surface area contributed by atoms with E-state index in [1.807, 2.05) is 30.0 Å². The number of carbonyl (C=O) groups excluding carboxylic acids is 1. The van der Waals surface area contributed by atoms with Crippen LogP contribution in [0.25, 0.3) is 5.57 Å². The summed E-state index contributed by atoms with van der Waals surface area (Å²) >= 11 is 0. The van der Waals surface area contributed by atoms with Gasteiger partial charge in [0.05, 0.1) is 32.5 Å². The third-order valence-corrected chi connectivity index (χ3v) is 7.57. The molecule has 2 aromatic carbocycles. The van der Waals surface area contributed by atoms with Crippen molar-refractivity contribution in [1.82, 2.24) is 4.90 Å². The molecule has 2 atom stereocenters. The molecular formula is C33H42F3NO5. The van der Waals surface area contributed by atoms with Crippen LogP contribution in [0.2, 0.25) is 0 Å². The summed E-state index contributed by atoms with van der Waals surface area (Å²) in [6.07, 6.45) is 2.60. The van der Waals surface area contributed by atoms with E-state index >= 15 is 8.78 Å². The number of alkyl halides is 1. The lowest BCUT2D eigenvalue weighted by molar-refractivity contribution is -0.148. The molecule has 2 aliphatic rings. The summed E-state index contributed by atoms with van der Waals surface area (Å²) < 4.78 is 67.6. The molecular weight excluding hydrogens is 547 g/mol. The molecule has 9 heteroatoms. The number of nitrogens with zero attached hydrogens (tertiary/aromatic N) is 1. The average molecular weight is 590 g/mol. The number of esters is 1. The first kappa shape index (κ1) is 32.0. The van der Waals surface area contributed by atoms with Crippen LogP contribution in [0.3, 0.4) is 0 Å². The van der Waals surface area contributed by atoms with E-state index in [-0.39, 0.29) is 43.7 Å². The zero-order chi connectivity index (χ0) is 30.3. The van der Waals surface area contributed by atoms with Crippen molar-refractivity contribution in [2.24, 2.45) is 0 Å². The minimum Gasteiger partial charge on any atom is -0.493 e. The lowest BCUT2D eigenvalue weighted by Crippen LogP contribution is -2.47. The lowest BCUT2D eigenvalue weighted by atomic mass is 9.84. The number of benzene rings is 2. The molecule has 0 N–H and O–H groups in total. The van der Waals surface area contributed by atoms with Crippen LogP contribution in [0.4, 0.5) is 13.2 Å². The van der Waals surface area contributed by atoms with Gasteiger partial charge in [-0.05, 0) is 75.7 Å². The number of rotatable bonds is 15. The van der Waals surface area contributed by atoms with Gasteiger partial charge in [0.1, 0.15) is 29.7 Å². The second-order valence-corrected chi connectivity index (χ2v) is 11.5. The fraction of sp³-hybridized carbons (Fsp3) is 0.545. The highest BCUT2D eigenvalue weighted by Gasteiger charge is 2.42. The molecule has 0 fully saturated rings. The van der Waals surface area contributed by atoms with Crippen molar-refractivity contribution in [2.45, 2.75) is 71.1 Å². The summed E-state index contributed by atoms with van der Waals surface area (Å²) in [5.74, 6) is -1.68. The smallest absolute Gasteiger partial charge is 0.332 e. The summed E-state index contributed by atoms with van der Waals surface area (Å²) in [5, 5.41) is 0. The van der Waals surface area contributed by atoms with Gasteiger partial charge in [0.15, 0.2) is 0 Å². The van der Waals surface area contributed by atoms with Gasteiger partial charge in [-0.3, -0.25) is 4.90 Å². The van der Waals surface area contributed by atoms with Crippen molar-refractivity contribution in [1.29, 1.82) is 0 Å². The van der Waals surface area contributed by atoms with Gasteiger partial charge in [0.2, 0.25) is 0 Å². The molecule has 6 nitrogen and oxygen atoms in total. The first-order chi connectivity index (χ1) is 20.1. The highest BCUT2D eigenvalue weighted by molar-refractivity contribution is 5.79. The van der Waals surface area contributed by atoms with Gasteiger partial charge in [-0.15, -0.1) is 0 Å². The SMILES string of the molecule is CCOC(=O)COCCOCCCCOc1cc(F)c([C@@H]2C3=C(C[C@@H](C)N2CC(C)(C)F)c2ccccc2C3)c(F)c1. The Kier molecular flexibility index (Phi) is 11.1. The van der Waals surface area contributed by atoms with Crippen molar-refractivity contribution in [3.8, 4) is 5.75 Å². The summed E-state index contributed by atoms with van der Waals surface area (Å²) in [7, 11) is 0. The second kappa shape index (κ2) is 14.5. The van der Waals surface area contributed by atoms with E-state index < -0.39 is 29.3 Å². The molecule has 0 radical (unpaired) electrons. The number of carbonyl (C=O) groups is 1. The minimum absolute atomic E-state index is 0.0582. The first-order valence-corrected chi connectivity index (χ1v) is 14.8. The number of unbranched alkanes of at least 4 members (excludes halogenated alkanes) is 1. The van der Waals surface area contributed by atoms with Crippen molar-refractivity contribution < 1.29 is 36.9 Å². The molecule has 0 amide bonds. The predicted octanol–water partition coefficient (Wildman–Crippen LogP) is 6.61. The number of ether oxygens (including phenoxy) is 4. The molecule has 0 saturated heterocycles. The van der Waals surface area contributed by atoms with Gasteiger partial charge in [-0.25, -0.2) is 18.0 Å². The molecule has 1 heterocycles. The molecule has 0 aromatic heterocycles. The standard InChI is InChI=1S/C33H42F3NO5/c1-5-41-30(38)20-40-15-14-39-12-8-9-13-42-24-18-28(34)31(29(35)19-24)32-27-17-23-10-6-7-11-25(23)26(27)16-22(2)37(32)21-33(3,4)36/h6-7,10-11,18-19,22,32H,5,8-9,12-17,20-21H2,1-4H3/t22-,32+/m1/s1. The summed E-state index contributed by atoms with van der Waals surface area (Å²) in [6.45, 7) is 8.36. The van der Waals surface area contributed by atoms with Crippen LogP contribution >= 0.6 is 0 Å². The normalized spacial score (nSPS) is 18.6. The highest BCUT2D eigenvalue weighted by atomic mass is 19.1. The van der Waals surface area contributed by atoms with Crippen LogP contribution in [0.1, 0.15) is 69.7 Å². The Balaban J connectivity index is 1.37. The third-order valence-electron chi connectivity index (χ3n) is 7.57. The third kappa shape index (κ3) is 8.14. The molecule has 1 aliphatic heterocycles. The maximum atomic E-state index is 15.8. The Morgan fingerprint density at radius 2 is 1.71 bits per heavy atom. The molecule has 1 aliphatic carbocycles. The Labute approximate surface area is 246 Å². The first-order valence-electron chi connectivity index (χ1n) is 14.8. The topological polar surface area (TPSA) is 57.2 Å². The van der Waals surface area contributed by atoms with E-state index in [0.29, 0.717) is 45.5 Å². The largest absolute Gasteiger partial charge is 0.493 e. The zero-order valence-electron chi connectivity index (χ0n) is 25.0. The van der Waals surface area contributed by atoms with Crippen molar-refractivity contribution in [3.63, 3.8) is 0 Å². The van der Waals surface area contributed by atoms with Crippen molar-refractivity contribution >= 4 is 11.5 Å². The minimum atomic E-state index is -1.54. The number of hydrogen-bond donors (Lipinski definition) is 0. The Hall–Kier alpha value is -2.88. The molecule has 0 bridgehead atoms. The molecule has 0 spiro atoms. The van der Waals surface area contributed by atoms with Gasteiger partial charge in [0.25, 0.3) is 0 Å². The molecule has 42 heavy (non-hydrogen) atoms. The summed E-state index contributed by atoms with van der Waals surface area (Å²) in [6, 6.07) is 9.72. The van der Waals surface area contributed by atoms with Crippen LogP contribution < -0.4 is 4.74 Å². The van der Waals surface area contributed by atoms with Crippen LogP contribution in [0, 0.1) is 11.6 Å². The predicted molar refractivity (Wildman–Crippen MR) is 155 cm³/mol. The van der Waals surface area contributed by atoms with E-state index in [9.17, 15) is 9.18 Å². The van der Waals surface area contributed by atoms with Gasteiger partial charge in [0, 0.05) is 36.9 Å². The lowest BCUT2D eigenvalue weighted by Gasteiger charge is -2.44. The number of halogens is 3. The molecule has 4 rings (SSSR count). The number of fused-ring (bicyclic) bond motifs is 2. The van der Waals surface area contributed by atoms with Gasteiger partial charge in [-0.2, -0.15) is 0 Å². The fourth-order valence-electron chi connectivity index (χ4n) is 5.82. The Morgan fingerprint density at radius 3 is 2.43 bits per heavy atom. The van der Waals surface area contributed by atoms with Crippen LogP contribution in [0.15, 0.2) is 42.0 Å².